The molecule has 0 saturated carbocycles. The largest absolute Gasteiger partial charge is 0.192 e. The van der Waals surface area contributed by atoms with Crippen molar-refractivity contribution < 1.29 is 0 Å². The first kappa shape index (κ1) is 9.23. The third kappa shape index (κ3) is 1.51. The molecule has 0 amide bonds. The van der Waals surface area contributed by atoms with Crippen molar-refractivity contribution in [3.8, 4) is 6.07 Å². The molecule has 0 spiro atoms. The van der Waals surface area contributed by atoms with E-state index in [4.69, 9.17) is 5.26 Å². The van der Waals surface area contributed by atoms with Crippen molar-refractivity contribution in [2.24, 2.45) is 0 Å². The van der Waals surface area contributed by atoms with Crippen LogP contribution in [0.15, 0.2) is 23.6 Å². The molecule has 0 aliphatic rings. The number of thiophene rings is 1. The van der Waals surface area contributed by atoms with E-state index >= 15 is 0 Å². The van der Waals surface area contributed by atoms with Gasteiger partial charge in [-0.25, -0.2) is 0 Å². The molecular formula is C12H10NS. The van der Waals surface area contributed by atoms with Gasteiger partial charge < -0.3 is 0 Å². The molecule has 14 heavy (non-hydrogen) atoms. The summed E-state index contributed by atoms with van der Waals surface area (Å²) in [6.45, 7) is 3.85. The van der Waals surface area contributed by atoms with Gasteiger partial charge in [0.15, 0.2) is 0 Å². The Morgan fingerprint density at radius 3 is 3.00 bits per heavy atom. The molecule has 69 valence electrons. The quantitative estimate of drug-likeness (QED) is 0.727. The number of nitrogens with zero attached hydrogens (tertiary/aromatic N) is 1. The van der Waals surface area contributed by atoms with Gasteiger partial charge in [0.05, 0.1) is 11.6 Å². The summed E-state index contributed by atoms with van der Waals surface area (Å²) >= 11 is 1.74. The van der Waals surface area contributed by atoms with Crippen LogP contribution in [0.25, 0.3) is 10.1 Å². The average Bonchev–Trinajstić information content (AvgIpc) is 2.61. The molecular weight excluding hydrogens is 190 g/mol. The molecule has 2 heteroatoms. The predicted molar refractivity (Wildman–Crippen MR) is 60.2 cm³/mol. The summed E-state index contributed by atoms with van der Waals surface area (Å²) in [6, 6.07) is 8.02. The lowest BCUT2D eigenvalue weighted by Crippen LogP contribution is -1.80. The first-order chi connectivity index (χ1) is 6.85. The average molecular weight is 200 g/mol. The second kappa shape index (κ2) is 3.81. The van der Waals surface area contributed by atoms with Crippen LogP contribution in [0.2, 0.25) is 0 Å². The molecule has 2 aromatic rings. The van der Waals surface area contributed by atoms with Gasteiger partial charge in [-0.3, -0.25) is 0 Å². The lowest BCUT2D eigenvalue weighted by atomic mass is 10.1. The molecule has 2 rings (SSSR count). The normalized spacial score (nSPS) is 10.3. The Kier molecular flexibility index (Phi) is 2.51. The van der Waals surface area contributed by atoms with Crippen molar-refractivity contribution in [2.45, 2.75) is 12.8 Å². The van der Waals surface area contributed by atoms with Crippen LogP contribution in [0.3, 0.4) is 0 Å². The predicted octanol–water partition coefficient (Wildman–Crippen LogP) is 3.54. The monoisotopic (exact) mass is 200 g/mol. The van der Waals surface area contributed by atoms with Crippen LogP contribution in [0.5, 0.6) is 0 Å². The van der Waals surface area contributed by atoms with E-state index in [0.717, 1.165) is 18.4 Å². The molecule has 1 aromatic carbocycles. The van der Waals surface area contributed by atoms with Crippen molar-refractivity contribution in [1.82, 2.24) is 0 Å². The number of hydrogen-bond donors (Lipinski definition) is 0. The van der Waals surface area contributed by atoms with Crippen LogP contribution in [-0.2, 0) is 6.42 Å². The van der Waals surface area contributed by atoms with E-state index in [0.29, 0.717) is 0 Å². The zero-order valence-corrected chi connectivity index (χ0v) is 8.60. The highest BCUT2D eigenvalue weighted by atomic mass is 32.1. The molecule has 0 aliphatic heterocycles. The lowest BCUT2D eigenvalue weighted by Gasteiger charge is -1.96. The highest BCUT2D eigenvalue weighted by Gasteiger charge is 2.03. The van der Waals surface area contributed by atoms with E-state index in [-0.39, 0.29) is 0 Å². The smallest absolute Gasteiger partial charge is 0.0991 e. The van der Waals surface area contributed by atoms with Crippen LogP contribution in [-0.4, -0.2) is 0 Å². The molecule has 1 aromatic heterocycles. The number of aryl methyl sites for hydroxylation is 1. The summed E-state index contributed by atoms with van der Waals surface area (Å²) in [5.74, 6) is 0. The molecule has 0 atom stereocenters. The van der Waals surface area contributed by atoms with E-state index in [2.05, 4.69) is 18.4 Å². The van der Waals surface area contributed by atoms with E-state index in [1.165, 1.54) is 15.6 Å². The van der Waals surface area contributed by atoms with Crippen LogP contribution < -0.4 is 0 Å². The Morgan fingerprint density at radius 1 is 1.43 bits per heavy atom. The first-order valence-electron chi connectivity index (χ1n) is 4.54. The van der Waals surface area contributed by atoms with Gasteiger partial charge in [-0.15, -0.1) is 11.3 Å². The summed E-state index contributed by atoms with van der Waals surface area (Å²) in [6.07, 6.45) is 1.90. The van der Waals surface area contributed by atoms with Crippen LogP contribution in [0.4, 0.5) is 0 Å². The van der Waals surface area contributed by atoms with Crippen molar-refractivity contribution >= 4 is 21.4 Å². The summed E-state index contributed by atoms with van der Waals surface area (Å²) in [4.78, 5) is 0. The van der Waals surface area contributed by atoms with Gasteiger partial charge in [0.25, 0.3) is 0 Å². The molecule has 1 radical (unpaired) electrons. The number of rotatable bonds is 2. The van der Waals surface area contributed by atoms with Crippen LogP contribution in [0.1, 0.15) is 17.5 Å². The number of benzene rings is 1. The van der Waals surface area contributed by atoms with Crippen LogP contribution >= 0.6 is 11.3 Å². The summed E-state index contributed by atoms with van der Waals surface area (Å²) in [7, 11) is 0. The SMILES string of the molecule is [CH2]CCc1csc2ccc(C#N)cc12. The number of fused-ring (bicyclic) bond motifs is 1. The minimum atomic E-state index is 0.737. The topological polar surface area (TPSA) is 23.8 Å². The fourth-order valence-corrected chi connectivity index (χ4v) is 2.51. The van der Waals surface area contributed by atoms with Gasteiger partial charge in [-0.05, 0) is 47.4 Å². The molecule has 0 unspecified atom stereocenters. The second-order valence-electron chi connectivity index (χ2n) is 3.19. The van der Waals surface area contributed by atoms with Gasteiger partial charge >= 0.3 is 0 Å². The highest BCUT2D eigenvalue weighted by molar-refractivity contribution is 7.17. The van der Waals surface area contributed by atoms with Gasteiger partial charge in [-0.1, -0.05) is 6.92 Å². The molecule has 1 nitrogen and oxygen atoms in total. The van der Waals surface area contributed by atoms with E-state index in [1.807, 2.05) is 18.2 Å². The lowest BCUT2D eigenvalue weighted by molar-refractivity contribution is 1.02. The minimum absolute atomic E-state index is 0.737. The summed E-state index contributed by atoms with van der Waals surface area (Å²) < 4.78 is 1.26. The van der Waals surface area contributed by atoms with Crippen molar-refractivity contribution in [2.75, 3.05) is 0 Å². The Balaban J connectivity index is 2.59. The van der Waals surface area contributed by atoms with E-state index in [1.54, 1.807) is 11.3 Å². The zero-order chi connectivity index (χ0) is 9.97. The van der Waals surface area contributed by atoms with Gasteiger partial charge in [0.1, 0.15) is 0 Å². The molecule has 0 aliphatic carbocycles. The minimum Gasteiger partial charge on any atom is -0.192 e. The van der Waals surface area contributed by atoms with Crippen molar-refractivity contribution in [1.29, 1.82) is 5.26 Å². The van der Waals surface area contributed by atoms with Crippen molar-refractivity contribution in [3.05, 3.63) is 41.6 Å². The Bertz CT molecular complexity index is 490. The Hall–Kier alpha value is -1.33. The van der Waals surface area contributed by atoms with Gasteiger partial charge in [0.2, 0.25) is 0 Å². The highest BCUT2D eigenvalue weighted by Crippen LogP contribution is 2.27. The first-order valence-corrected chi connectivity index (χ1v) is 5.42. The van der Waals surface area contributed by atoms with Gasteiger partial charge in [-0.2, -0.15) is 5.26 Å². The molecule has 0 N–H and O–H groups in total. The second-order valence-corrected chi connectivity index (χ2v) is 4.10. The Labute approximate surface area is 87.6 Å². The van der Waals surface area contributed by atoms with Gasteiger partial charge in [0, 0.05) is 4.70 Å². The molecule has 0 bridgehead atoms. The zero-order valence-electron chi connectivity index (χ0n) is 7.79. The van der Waals surface area contributed by atoms with Crippen molar-refractivity contribution in [3.63, 3.8) is 0 Å². The maximum atomic E-state index is 8.80. The fourth-order valence-electron chi connectivity index (χ4n) is 1.54. The van der Waals surface area contributed by atoms with Crippen LogP contribution in [0, 0.1) is 18.3 Å². The fraction of sp³-hybridized carbons (Fsp3) is 0.167. The Morgan fingerprint density at radius 2 is 2.29 bits per heavy atom. The maximum absolute atomic E-state index is 8.80. The molecule has 0 saturated heterocycles. The standard InChI is InChI=1S/C12H10NS/c1-2-3-10-8-14-12-5-4-9(7-13)6-11(10)12/h4-6,8H,1-3H2. The van der Waals surface area contributed by atoms with E-state index < -0.39 is 0 Å². The number of nitriles is 1. The van der Waals surface area contributed by atoms with E-state index in [9.17, 15) is 0 Å². The third-order valence-electron chi connectivity index (χ3n) is 2.23. The maximum Gasteiger partial charge on any atom is 0.0991 e. The molecule has 0 fully saturated rings. The third-order valence-corrected chi connectivity index (χ3v) is 3.24. The summed E-state index contributed by atoms with van der Waals surface area (Å²) in [5, 5.41) is 12.2. The molecule has 1 heterocycles. The summed E-state index contributed by atoms with van der Waals surface area (Å²) in [5.41, 5.74) is 2.05. The number of hydrogen-bond acceptors (Lipinski definition) is 2.